The summed E-state index contributed by atoms with van der Waals surface area (Å²) in [6, 6.07) is 0.351. The molecule has 0 aliphatic carbocycles. The van der Waals surface area contributed by atoms with Crippen molar-refractivity contribution in [2.45, 2.75) is 18.9 Å². The Morgan fingerprint density at radius 1 is 1.56 bits per heavy atom. The van der Waals surface area contributed by atoms with Crippen LogP contribution in [0.4, 0.5) is 0 Å². The van der Waals surface area contributed by atoms with Crippen LogP contribution in [0.15, 0.2) is 0 Å². The fraction of sp³-hybridized carbons (Fsp3) is 1.00. The van der Waals surface area contributed by atoms with Crippen LogP contribution in [0.2, 0.25) is 0 Å². The van der Waals surface area contributed by atoms with E-state index in [1.54, 1.807) is 11.8 Å². The van der Waals surface area contributed by atoms with Crippen LogP contribution < -0.4 is 11.5 Å². The summed E-state index contributed by atoms with van der Waals surface area (Å²) < 4.78 is 0. The van der Waals surface area contributed by atoms with Crippen molar-refractivity contribution in [2.24, 2.45) is 11.5 Å². The molecular formula is C6H16N2S. The average Bonchev–Trinajstić information content (AvgIpc) is 1.85. The minimum atomic E-state index is 0.351. The van der Waals surface area contributed by atoms with Gasteiger partial charge < -0.3 is 11.5 Å². The molecule has 0 fully saturated rings. The van der Waals surface area contributed by atoms with Gasteiger partial charge in [-0.05, 0) is 25.6 Å². The van der Waals surface area contributed by atoms with Gasteiger partial charge in [-0.25, -0.2) is 0 Å². The van der Waals surface area contributed by atoms with Crippen molar-refractivity contribution >= 4 is 11.8 Å². The van der Waals surface area contributed by atoms with Gasteiger partial charge >= 0.3 is 0 Å². The molecule has 0 spiro atoms. The third-order valence-corrected chi connectivity index (χ3v) is 1.92. The van der Waals surface area contributed by atoms with Crippen LogP contribution >= 0.6 is 11.8 Å². The predicted molar refractivity (Wildman–Crippen MR) is 44.6 cm³/mol. The molecule has 0 saturated heterocycles. The molecule has 2 nitrogen and oxygen atoms in total. The van der Waals surface area contributed by atoms with Gasteiger partial charge in [0.25, 0.3) is 0 Å². The molecule has 0 aromatic carbocycles. The maximum atomic E-state index is 5.69. The lowest BCUT2D eigenvalue weighted by molar-refractivity contribution is 0.638. The second-order valence-corrected chi connectivity index (χ2v) is 3.06. The molecule has 9 heavy (non-hydrogen) atoms. The van der Waals surface area contributed by atoms with E-state index in [1.807, 2.05) is 0 Å². The molecule has 1 atom stereocenters. The third-order valence-electron chi connectivity index (χ3n) is 1.16. The van der Waals surface area contributed by atoms with E-state index >= 15 is 0 Å². The molecule has 0 aliphatic heterocycles. The fourth-order valence-corrected chi connectivity index (χ4v) is 1.27. The molecule has 0 unspecified atom stereocenters. The van der Waals surface area contributed by atoms with Gasteiger partial charge in [0.2, 0.25) is 0 Å². The van der Waals surface area contributed by atoms with Crippen molar-refractivity contribution in [1.82, 2.24) is 0 Å². The molecule has 0 aromatic rings. The van der Waals surface area contributed by atoms with E-state index in [-0.39, 0.29) is 0 Å². The third kappa shape index (κ3) is 6.15. The van der Waals surface area contributed by atoms with E-state index in [9.17, 15) is 0 Å². The van der Waals surface area contributed by atoms with Gasteiger partial charge in [-0.3, -0.25) is 0 Å². The first-order valence-electron chi connectivity index (χ1n) is 3.26. The van der Waals surface area contributed by atoms with Gasteiger partial charge in [-0.1, -0.05) is 0 Å². The first kappa shape index (κ1) is 9.27. The highest BCUT2D eigenvalue weighted by Gasteiger charge is 1.98. The molecule has 0 amide bonds. The Hall–Kier alpha value is 0.270. The highest BCUT2D eigenvalue weighted by molar-refractivity contribution is 7.98. The molecule has 0 saturated carbocycles. The Morgan fingerprint density at radius 3 is 2.67 bits per heavy atom. The van der Waals surface area contributed by atoms with Crippen LogP contribution in [0.3, 0.4) is 0 Å². The summed E-state index contributed by atoms with van der Waals surface area (Å²) in [4.78, 5) is 0. The zero-order valence-electron chi connectivity index (χ0n) is 5.97. The first-order valence-corrected chi connectivity index (χ1v) is 4.65. The molecule has 0 aromatic heterocycles. The molecule has 56 valence electrons. The van der Waals surface area contributed by atoms with E-state index in [1.165, 1.54) is 0 Å². The van der Waals surface area contributed by atoms with E-state index in [0.717, 1.165) is 25.1 Å². The predicted octanol–water partition coefficient (Wildman–Crippen LogP) is 0.416. The van der Waals surface area contributed by atoms with Crippen molar-refractivity contribution in [3.8, 4) is 0 Å². The molecule has 0 radical (unpaired) electrons. The summed E-state index contributed by atoms with van der Waals surface area (Å²) in [6.07, 6.45) is 4.20. The zero-order chi connectivity index (χ0) is 7.11. The standard InChI is InChI=1S/C6H16N2S/c1-9-5-6(8)3-2-4-7/h6H,2-5,7-8H2,1H3/t6-/m1/s1. The lowest BCUT2D eigenvalue weighted by atomic mass is 10.2. The molecule has 4 N–H and O–H groups in total. The van der Waals surface area contributed by atoms with Crippen LogP contribution in [0, 0.1) is 0 Å². The second-order valence-electron chi connectivity index (χ2n) is 2.15. The van der Waals surface area contributed by atoms with Crippen molar-refractivity contribution < 1.29 is 0 Å². The molecular weight excluding hydrogens is 132 g/mol. The highest BCUT2D eigenvalue weighted by Crippen LogP contribution is 1.99. The molecule has 3 heteroatoms. The number of hydrogen-bond donors (Lipinski definition) is 2. The van der Waals surface area contributed by atoms with Gasteiger partial charge in [0.05, 0.1) is 0 Å². The van der Waals surface area contributed by atoms with Crippen LogP contribution in [0.1, 0.15) is 12.8 Å². The molecule has 0 rings (SSSR count). The van der Waals surface area contributed by atoms with Crippen LogP contribution in [0.25, 0.3) is 0 Å². The Balaban J connectivity index is 2.95. The highest BCUT2D eigenvalue weighted by atomic mass is 32.2. The second kappa shape index (κ2) is 6.39. The molecule has 0 bridgehead atoms. The Kier molecular flexibility index (Phi) is 6.58. The largest absolute Gasteiger partial charge is 0.330 e. The number of rotatable bonds is 5. The normalized spacial score (nSPS) is 13.7. The van der Waals surface area contributed by atoms with Crippen LogP contribution in [-0.4, -0.2) is 24.6 Å². The van der Waals surface area contributed by atoms with Crippen molar-refractivity contribution in [3.05, 3.63) is 0 Å². The lowest BCUT2D eigenvalue weighted by Crippen LogP contribution is -2.23. The minimum Gasteiger partial charge on any atom is -0.330 e. The summed E-state index contributed by atoms with van der Waals surface area (Å²) in [7, 11) is 0. The van der Waals surface area contributed by atoms with Gasteiger partial charge in [0.15, 0.2) is 0 Å². The quantitative estimate of drug-likeness (QED) is 0.594. The number of hydrogen-bond acceptors (Lipinski definition) is 3. The summed E-state index contributed by atoms with van der Waals surface area (Å²) >= 11 is 1.79. The minimum absolute atomic E-state index is 0.351. The van der Waals surface area contributed by atoms with Crippen LogP contribution in [-0.2, 0) is 0 Å². The summed E-state index contributed by atoms with van der Waals surface area (Å²) in [5.74, 6) is 1.06. The maximum absolute atomic E-state index is 5.69. The van der Waals surface area contributed by atoms with E-state index in [0.29, 0.717) is 6.04 Å². The Labute approximate surface area is 61.4 Å². The lowest BCUT2D eigenvalue weighted by Gasteiger charge is -2.07. The monoisotopic (exact) mass is 148 g/mol. The van der Waals surface area contributed by atoms with E-state index in [2.05, 4.69) is 6.26 Å². The summed E-state index contributed by atoms with van der Waals surface area (Å²) in [5.41, 5.74) is 11.0. The van der Waals surface area contributed by atoms with Gasteiger partial charge in [-0.15, -0.1) is 0 Å². The van der Waals surface area contributed by atoms with Gasteiger partial charge in [-0.2, -0.15) is 11.8 Å². The number of nitrogens with two attached hydrogens (primary N) is 2. The maximum Gasteiger partial charge on any atom is 0.0130 e. The zero-order valence-corrected chi connectivity index (χ0v) is 6.79. The summed E-state index contributed by atoms with van der Waals surface area (Å²) in [6.45, 7) is 0.766. The van der Waals surface area contributed by atoms with Crippen LogP contribution in [0.5, 0.6) is 0 Å². The van der Waals surface area contributed by atoms with Crippen molar-refractivity contribution in [2.75, 3.05) is 18.6 Å². The molecule has 0 aliphatic rings. The van der Waals surface area contributed by atoms with Crippen molar-refractivity contribution in [3.63, 3.8) is 0 Å². The van der Waals surface area contributed by atoms with E-state index < -0.39 is 0 Å². The SMILES string of the molecule is CSC[C@H](N)CCCN. The Morgan fingerprint density at radius 2 is 2.22 bits per heavy atom. The summed E-state index contributed by atoms with van der Waals surface area (Å²) in [5, 5.41) is 0. The van der Waals surface area contributed by atoms with Crippen molar-refractivity contribution in [1.29, 1.82) is 0 Å². The smallest absolute Gasteiger partial charge is 0.0130 e. The van der Waals surface area contributed by atoms with E-state index in [4.69, 9.17) is 11.5 Å². The fourth-order valence-electron chi connectivity index (χ4n) is 0.677. The average molecular weight is 148 g/mol. The molecule has 0 heterocycles. The topological polar surface area (TPSA) is 52.0 Å². The van der Waals surface area contributed by atoms with Gasteiger partial charge in [0.1, 0.15) is 0 Å². The Bertz CT molecular complexity index is 59.0. The van der Waals surface area contributed by atoms with Gasteiger partial charge in [0, 0.05) is 11.8 Å². The first-order chi connectivity index (χ1) is 4.31. The number of thioether (sulfide) groups is 1.